The number of amides is 1. The number of fused-ring (bicyclic) bond motifs is 1. The maximum atomic E-state index is 13.5. The highest BCUT2D eigenvalue weighted by molar-refractivity contribution is 5.95. The molecule has 1 aromatic heterocycles. The largest absolute Gasteiger partial charge is 0.459 e. The van der Waals surface area contributed by atoms with Crippen LogP contribution < -0.4 is 0 Å². The Labute approximate surface area is 223 Å². The van der Waals surface area contributed by atoms with Gasteiger partial charge in [0.1, 0.15) is 0 Å². The Balaban J connectivity index is 1.66. The number of aliphatic hydroxyl groups excluding tert-OH is 1. The monoisotopic (exact) mass is 530 g/mol. The summed E-state index contributed by atoms with van der Waals surface area (Å²) in [7, 11) is 0. The summed E-state index contributed by atoms with van der Waals surface area (Å²) in [6.07, 6.45) is 3.69. The third-order valence-electron chi connectivity index (χ3n) is 6.87. The molecule has 1 aromatic carbocycles. The summed E-state index contributed by atoms with van der Waals surface area (Å²) in [5.74, 6) is -0.434. The van der Waals surface area contributed by atoms with E-state index in [0.29, 0.717) is 59.2 Å². The molecule has 3 atom stereocenters. The van der Waals surface area contributed by atoms with Crippen LogP contribution in [-0.4, -0.2) is 98.6 Å². The average molecular weight is 531 g/mol. The van der Waals surface area contributed by atoms with Crippen molar-refractivity contribution in [2.45, 2.75) is 32.5 Å². The van der Waals surface area contributed by atoms with Crippen LogP contribution in [0.3, 0.4) is 0 Å². The first-order valence-corrected chi connectivity index (χ1v) is 13.3. The molecule has 38 heavy (non-hydrogen) atoms. The molecule has 4 rings (SSSR count). The normalized spacial score (nSPS) is 21.8. The van der Waals surface area contributed by atoms with Gasteiger partial charge in [-0.25, -0.2) is 0 Å². The minimum atomic E-state index is -0.663. The number of para-hydroxylation sites is 1. The standard InChI is InChI=1S/C28H38N2O8/c1-3-37-28-22(8-12-34-16-17-36-15-11-31)23(18-26(38-28)27(33)29-9-13-35-14-10-29)24-19-30(20(2)32)25-7-5-4-6-21(24)25/h4-7,18-19,22-23,28,31H,3,8-17H2,1-2H3/t22-,23+,28-/m1/s1. The van der Waals surface area contributed by atoms with Crippen LogP contribution in [0.1, 0.15) is 36.5 Å². The smallest absolute Gasteiger partial charge is 0.288 e. The molecule has 2 aromatic rings. The molecule has 1 fully saturated rings. The number of rotatable bonds is 12. The molecule has 0 spiro atoms. The lowest BCUT2D eigenvalue weighted by atomic mass is 9.81. The molecule has 2 aliphatic heterocycles. The molecule has 3 heterocycles. The number of carbonyl (C=O) groups excluding carboxylic acids is 2. The van der Waals surface area contributed by atoms with Crippen molar-refractivity contribution < 1.29 is 38.4 Å². The summed E-state index contributed by atoms with van der Waals surface area (Å²) >= 11 is 0. The summed E-state index contributed by atoms with van der Waals surface area (Å²) in [5.41, 5.74) is 1.76. The van der Waals surface area contributed by atoms with Crippen LogP contribution in [0.5, 0.6) is 0 Å². The van der Waals surface area contributed by atoms with Gasteiger partial charge in [-0.2, -0.15) is 0 Å². The van der Waals surface area contributed by atoms with Gasteiger partial charge < -0.3 is 33.7 Å². The number of morpholine rings is 1. The zero-order valence-corrected chi connectivity index (χ0v) is 22.2. The van der Waals surface area contributed by atoms with E-state index in [4.69, 9.17) is 28.8 Å². The minimum Gasteiger partial charge on any atom is -0.459 e. The SMILES string of the molecule is CCO[C@@H]1OC(C(=O)N2CCOCC2)=C[C@H](c2cn(C(C)=O)c3ccccc23)[C@H]1CCOCCOCCO. The lowest BCUT2D eigenvalue weighted by Gasteiger charge is -2.38. The molecule has 208 valence electrons. The first-order valence-electron chi connectivity index (χ1n) is 13.3. The van der Waals surface area contributed by atoms with E-state index in [1.807, 2.05) is 43.5 Å². The molecule has 1 N–H and O–H groups in total. The van der Waals surface area contributed by atoms with E-state index >= 15 is 0 Å². The van der Waals surface area contributed by atoms with Crippen molar-refractivity contribution in [1.82, 2.24) is 9.47 Å². The van der Waals surface area contributed by atoms with E-state index < -0.39 is 6.29 Å². The number of hydrogen-bond acceptors (Lipinski definition) is 8. The fourth-order valence-electron chi connectivity index (χ4n) is 5.05. The molecule has 10 heteroatoms. The molecular formula is C28H38N2O8. The van der Waals surface area contributed by atoms with Crippen LogP contribution >= 0.6 is 0 Å². The van der Waals surface area contributed by atoms with Crippen LogP contribution in [-0.2, 0) is 28.5 Å². The van der Waals surface area contributed by atoms with Gasteiger partial charge in [0.2, 0.25) is 12.2 Å². The van der Waals surface area contributed by atoms with Gasteiger partial charge in [-0.05, 0) is 31.1 Å². The number of carbonyl (C=O) groups is 2. The minimum absolute atomic E-state index is 0.0250. The van der Waals surface area contributed by atoms with Crippen molar-refractivity contribution >= 4 is 22.7 Å². The third kappa shape index (κ3) is 6.62. The molecular weight excluding hydrogens is 492 g/mol. The van der Waals surface area contributed by atoms with Crippen molar-refractivity contribution in [3.63, 3.8) is 0 Å². The van der Waals surface area contributed by atoms with E-state index in [2.05, 4.69) is 0 Å². The first-order chi connectivity index (χ1) is 18.5. The Morgan fingerprint density at radius 2 is 1.82 bits per heavy atom. The molecule has 1 amide bonds. The van der Waals surface area contributed by atoms with Crippen LogP contribution in [0.4, 0.5) is 0 Å². The van der Waals surface area contributed by atoms with Gasteiger partial charge in [-0.1, -0.05) is 18.2 Å². The second-order valence-corrected chi connectivity index (χ2v) is 9.29. The van der Waals surface area contributed by atoms with Crippen LogP contribution in [0, 0.1) is 5.92 Å². The Morgan fingerprint density at radius 3 is 2.53 bits per heavy atom. The van der Waals surface area contributed by atoms with E-state index in [-0.39, 0.29) is 42.6 Å². The molecule has 0 radical (unpaired) electrons. The van der Waals surface area contributed by atoms with Crippen LogP contribution in [0.25, 0.3) is 10.9 Å². The van der Waals surface area contributed by atoms with Gasteiger partial charge in [0.05, 0.1) is 45.2 Å². The predicted molar refractivity (Wildman–Crippen MR) is 140 cm³/mol. The van der Waals surface area contributed by atoms with Crippen molar-refractivity contribution in [3.8, 4) is 0 Å². The molecule has 1 saturated heterocycles. The number of benzene rings is 1. The van der Waals surface area contributed by atoms with Gasteiger partial charge in [-0.3, -0.25) is 14.2 Å². The molecule has 0 saturated carbocycles. The Hall–Kier alpha value is -2.76. The van der Waals surface area contributed by atoms with Gasteiger partial charge >= 0.3 is 0 Å². The third-order valence-corrected chi connectivity index (χ3v) is 6.87. The highest BCUT2D eigenvalue weighted by Gasteiger charge is 2.40. The van der Waals surface area contributed by atoms with E-state index in [9.17, 15) is 9.59 Å². The van der Waals surface area contributed by atoms with Crippen molar-refractivity contribution in [1.29, 1.82) is 0 Å². The van der Waals surface area contributed by atoms with Crippen LogP contribution in [0.2, 0.25) is 0 Å². The van der Waals surface area contributed by atoms with E-state index in [1.54, 1.807) is 9.47 Å². The highest BCUT2D eigenvalue weighted by atomic mass is 16.7. The summed E-state index contributed by atoms with van der Waals surface area (Å²) in [6, 6.07) is 7.78. The molecule has 2 aliphatic rings. The highest BCUT2D eigenvalue weighted by Crippen LogP contribution is 2.42. The number of hydrogen-bond donors (Lipinski definition) is 1. The van der Waals surface area contributed by atoms with E-state index in [0.717, 1.165) is 16.5 Å². The van der Waals surface area contributed by atoms with Gasteiger partial charge in [0.25, 0.3) is 5.91 Å². The number of aromatic nitrogens is 1. The second-order valence-electron chi connectivity index (χ2n) is 9.29. The molecule has 0 aliphatic carbocycles. The molecule has 10 nitrogen and oxygen atoms in total. The van der Waals surface area contributed by atoms with Gasteiger partial charge in [0.15, 0.2) is 5.76 Å². The van der Waals surface area contributed by atoms with E-state index in [1.165, 1.54) is 6.92 Å². The van der Waals surface area contributed by atoms with Crippen molar-refractivity contribution in [3.05, 3.63) is 47.9 Å². The quantitative estimate of drug-likeness (QED) is 0.417. The number of allylic oxidation sites excluding steroid dienone is 1. The van der Waals surface area contributed by atoms with Gasteiger partial charge in [-0.15, -0.1) is 0 Å². The summed E-state index contributed by atoms with van der Waals surface area (Å²) in [4.78, 5) is 27.7. The summed E-state index contributed by atoms with van der Waals surface area (Å²) < 4.78 is 30.4. The lowest BCUT2D eigenvalue weighted by Crippen LogP contribution is -2.44. The second kappa shape index (κ2) is 13.9. The Bertz CT molecular complexity index is 1110. The predicted octanol–water partition coefficient (Wildman–Crippen LogP) is 2.55. The number of aliphatic hydroxyl groups is 1. The maximum absolute atomic E-state index is 13.5. The Kier molecular flexibility index (Phi) is 10.3. The number of nitrogens with zero attached hydrogens (tertiary/aromatic N) is 2. The van der Waals surface area contributed by atoms with Crippen LogP contribution in [0.15, 0.2) is 42.3 Å². The maximum Gasteiger partial charge on any atom is 0.288 e. The van der Waals surface area contributed by atoms with Crippen molar-refractivity contribution in [2.24, 2.45) is 5.92 Å². The zero-order valence-electron chi connectivity index (χ0n) is 22.2. The fraction of sp³-hybridized carbons (Fsp3) is 0.571. The topological polar surface area (TPSA) is 109 Å². The van der Waals surface area contributed by atoms with Gasteiger partial charge in [0, 0.05) is 56.6 Å². The van der Waals surface area contributed by atoms with Crippen molar-refractivity contribution in [2.75, 3.05) is 65.9 Å². The fourth-order valence-corrected chi connectivity index (χ4v) is 5.05. The first kappa shape index (κ1) is 28.3. The molecule has 0 unspecified atom stereocenters. The summed E-state index contributed by atoms with van der Waals surface area (Å²) in [6.45, 7) is 7.32. The summed E-state index contributed by atoms with van der Waals surface area (Å²) in [5, 5.41) is 9.80. The lowest BCUT2D eigenvalue weighted by molar-refractivity contribution is -0.173. The molecule has 0 bridgehead atoms. The Morgan fingerprint density at radius 1 is 1.08 bits per heavy atom. The average Bonchev–Trinajstić information content (AvgIpc) is 3.33. The zero-order chi connectivity index (χ0) is 26.9. The number of ether oxygens (including phenoxy) is 5.